The third-order valence-electron chi connectivity index (χ3n) is 5.39. The highest BCUT2D eigenvalue weighted by Gasteiger charge is 2.28. The Morgan fingerprint density at radius 2 is 1.84 bits per heavy atom. The normalized spacial score (nSPS) is 13.5. The number of rotatable bonds is 5. The number of hydrogen-bond donors (Lipinski definition) is 0. The number of cyclic esters (lactones) is 1. The molecule has 0 fully saturated rings. The fourth-order valence-corrected chi connectivity index (χ4v) is 3.76. The molecular formula is C26H20N2O3. The molecule has 0 radical (unpaired) electrons. The molecule has 3 heterocycles. The summed E-state index contributed by atoms with van der Waals surface area (Å²) in [6.07, 6.45) is 3.44. The minimum Gasteiger partial charge on any atom is -0.487 e. The first-order chi connectivity index (χ1) is 15.2. The Hall–Kier alpha value is -3.99. The molecular weight excluding hydrogens is 388 g/mol. The summed E-state index contributed by atoms with van der Waals surface area (Å²) >= 11 is 0. The van der Waals surface area contributed by atoms with E-state index in [0.717, 1.165) is 44.6 Å². The third-order valence-corrected chi connectivity index (χ3v) is 5.39. The van der Waals surface area contributed by atoms with Crippen LogP contribution in [0.15, 0.2) is 79.1 Å². The van der Waals surface area contributed by atoms with Crippen LogP contribution in [-0.2, 0) is 16.1 Å². The molecule has 0 bridgehead atoms. The van der Waals surface area contributed by atoms with E-state index in [1.807, 2.05) is 67.6 Å². The minimum atomic E-state index is -0.299. The highest BCUT2D eigenvalue weighted by molar-refractivity contribution is 6.27. The number of pyridine rings is 2. The molecule has 4 aromatic rings. The maximum atomic E-state index is 12.4. The lowest BCUT2D eigenvalue weighted by atomic mass is 9.95. The van der Waals surface area contributed by atoms with Crippen LogP contribution in [0.1, 0.15) is 22.4 Å². The van der Waals surface area contributed by atoms with Gasteiger partial charge in [0.2, 0.25) is 0 Å². The van der Waals surface area contributed by atoms with Crippen LogP contribution < -0.4 is 4.74 Å². The lowest BCUT2D eigenvalue weighted by molar-refractivity contribution is -0.133. The zero-order valence-electron chi connectivity index (χ0n) is 17.0. The van der Waals surface area contributed by atoms with Crippen molar-refractivity contribution in [3.63, 3.8) is 0 Å². The summed E-state index contributed by atoms with van der Waals surface area (Å²) in [4.78, 5) is 21.2. The number of esters is 1. The van der Waals surface area contributed by atoms with Gasteiger partial charge in [0.05, 0.1) is 16.8 Å². The van der Waals surface area contributed by atoms with Crippen molar-refractivity contribution in [1.29, 1.82) is 0 Å². The number of carbonyl (C=O) groups excluding carboxylic acids is 1. The van der Waals surface area contributed by atoms with Gasteiger partial charge in [0.25, 0.3) is 0 Å². The molecule has 0 spiro atoms. The molecule has 0 amide bonds. The van der Waals surface area contributed by atoms with E-state index >= 15 is 0 Å². The van der Waals surface area contributed by atoms with Crippen molar-refractivity contribution in [1.82, 2.24) is 9.97 Å². The fourth-order valence-electron chi connectivity index (χ4n) is 3.76. The number of carbonyl (C=O) groups is 1. The first-order valence-corrected chi connectivity index (χ1v) is 10.1. The van der Waals surface area contributed by atoms with Gasteiger partial charge >= 0.3 is 5.97 Å². The number of fused-ring (bicyclic) bond motifs is 1. The second-order valence-electron chi connectivity index (χ2n) is 7.43. The number of hydrogen-bond acceptors (Lipinski definition) is 5. The minimum absolute atomic E-state index is 0.261. The van der Waals surface area contributed by atoms with Crippen molar-refractivity contribution >= 4 is 28.0 Å². The van der Waals surface area contributed by atoms with Gasteiger partial charge in [-0.3, -0.25) is 4.98 Å². The van der Waals surface area contributed by atoms with Gasteiger partial charge in [-0.2, -0.15) is 0 Å². The van der Waals surface area contributed by atoms with Crippen molar-refractivity contribution in [3.05, 3.63) is 102 Å². The number of aromatic nitrogens is 2. The highest BCUT2D eigenvalue weighted by atomic mass is 16.5. The standard InChI is InChI=1S/C26H20N2O3/c1-17-14-27-13-12-22(17)25-23(16-31-26(25)29)18-7-10-21(11-8-18)30-15-20-9-6-19-4-2-3-5-24(19)28-20/h2-14H,15-16H2,1H3. The second-order valence-corrected chi connectivity index (χ2v) is 7.43. The molecule has 5 nitrogen and oxygen atoms in total. The van der Waals surface area contributed by atoms with Crippen molar-refractivity contribution < 1.29 is 14.3 Å². The highest BCUT2D eigenvalue weighted by Crippen LogP contribution is 2.34. The van der Waals surface area contributed by atoms with Crippen molar-refractivity contribution in [3.8, 4) is 5.75 Å². The van der Waals surface area contributed by atoms with E-state index in [1.165, 1.54) is 0 Å². The predicted molar refractivity (Wildman–Crippen MR) is 119 cm³/mol. The van der Waals surface area contributed by atoms with Gasteiger partial charge in [0.1, 0.15) is 19.0 Å². The average molecular weight is 408 g/mol. The third kappa shape index (κ3) is 3.78. The molecule has 1 aliphatic rings. The molecule has 5 heteroatoms. The van der Waals surface area contributed by atoms with E-state index in [2.05, 4.69) is 16.0 Å². The van der Waals surface area contributed by atoms with Gasteiger partial charge in [-0.1, -0.05) is 36.4 Å². The first-order valence-electron chi connectivity index (χ1n) is 10.1. The van der Waals surface area contributed by atoms with Gasteiger partial charge in [-0.15, -0.1) is 0 Å². The quantitative estimate of drug-likeness (QED) is 0.436. The average Bonchev–Trinajstić information content (AvgIpc) is 3.19. The zero-order chi connectivity index (χ0) is 21.2. The summed E-state index contributed by atoms with van der Waals surface area (Å²) in [6.45, 7) is 2.59. The monoisotopic (exact) mass is 408 g/mol. The van der Waals surface area contributed by atoms with E-state index in [1.54, 1.807) is 12.4 Å². The molecule has 2 aromatic carbocycles. The summed E-state index contributed by atoms with van der Waals surface area (Å²) in [7, 11) is 0. The molecule has 1 aliphatic heterocycles. The maximum Gasteiger partial charge on any atom is 0.339 e. The molecule has 0 saturated carbocycles. The van der Waals surface area contributed by atoms with E-state index < -0.39 is 0 Å². The van der Waals surface area contributed by atoms with Crippen LogP contribution in [-0.4, -0.2) is 22.5 Å². The zero-order valence-corrected chi connectivity index (χ0v) is 17.0. The van der Waals surface area contributed by atoms with Crippen molar-refractivity contribution in [2.24, 2.45) is 0 Å². The van der Waals surface area contributed by atoms with E-state index in [0.29, 0.717) is 12.2 Å². The Labute approximate surface area is 180 Å². The largest absolute Gasteiger partial charge is 0.487 e. The van der Waals surface area contributed by atoms with Gasteiger partial charge in [-0.25, -0.2) is 9.78 Å². The lowest BCUT2D eigenvalue weighted by Crippen LogP contribution is -2.00. The van der Waals surface area contributed by atoms with Crippen molar-refractivity contribution in [2.45, 2.75) is 13.5 Å². The molecule has 0 unspecified atom stereocenters. The molecule has 2 aromatic heterocycles. The van der Waals surface area contributed by atoms with Gasteiger partial charge in [0.15, 0.2) is 0 Å². The van der Waals surface area contributed by atoms with Crippen LogP contribution in [0.5, 0.6) is 5.75 Å². The fraction of sp³-hybridized carbons (Fsp3) is 0.115. The molecule has 31 heavy (non-hydrogen) atoms. The molecule has 0 aliphatic carbocycles. The van der Waals surface area contributed by atoms with Crippen LogP contribution in [0.4, 0.5) is 0 Å². The first kappa shape index (κ1) is 19.0. The Balaban J connectivity index is 1.36. The van der Waals surface area contributed by atoms with Crippen LogP contribution in [0.2, 0.25) is 0 Å². The SMILES string of the molecule is Cc1cnccc1C1=C(c2ccc(OCc3ccc4ccccc4n3)cc2)COC1=O. The summed E-state index contributed by atoms with van der Waals surface area (Å²) in [5.74, 6) is 0.443. The molecule has 0 atom stereocenters. The summed E-state index contributed by atoms with van der Waals surface area (Å²) < 4.78 is 11.3. The molecule has 152 valence electrons. The number of para-hydroxylation sites is 1. The summed E-state index contributed by atoms with van der Waals surface area (Å²) in [5.41, 5.74) is 6.04. The van der Waals surface area contributed by atoms with E-state index in [4.69, 9.17) is 9.47 Å². The Kier molecular flexibility index (Phi) is 4.92. The number of benzene rings is 2. The second kappa shape index (κ2) is 8.03. The predicted octanol–water partition coefficient (Wildman–Crippen LogP) is 4.98. The van der Waals surface area contributed by atoms with Gasteiger partial charge in [0, 0.05) is 23.4 Å². The van der Waals surface area contributed by atoms with Crippen LogP contribution in [0.25, 0.3) is 22.0 Å². The number of ether oxygens (including phenoxy) is 2. The summed E-state index contributed by atoms with van der Waals surface area (Å²) in [5, 5.41) is 1.11. The van der Waals surface area contributed by atoms with Crippen LogP contribution in [0, 0.1) is 6.92 Å². The Morgan fingerprint density at radius 3 is 2.68 bits per heavy atom. The van der Waals surface area contributed by atoms with Gasteiger partial charge in [-0.05, 0) is 53.9 Å². The molecule has 0 saturated heterocycles. The summed E-state index contributed by atoms with van der Waals surface area (Å²) in [6, 6.07) is 21.6. The maximum absolute atomic E-state index is 12.4. The van der Waals surface area contributed by atoms with Crippen LogP contribution in [0.3, 0.4) is 0 Å². The Morgan fingerprint density at radius 1 is 1.00 bits per heavy atom. The number of aryl methyl sites for hydroxylation is 1. The van der Waals surface area contributed by atoms with E-state index in [-0.39, 0.29) is 12.6 Å². The Bertz CT molecular complexity index is 1310. The van der Waals surface area contributed by atoms with E-state index in [9.17, 15) is 4.79 Å². The topological polar surface area (TPSA) is 61.3 Å². The smallest absolute Gasteiger partial charge is 0.339 e. The lowest BCUT2D eigenvalue weighted by Gasteiger charge is -2.09. The molecule has 0 N–H and O–H groups in total. The van der Waals surface area contributed by atoms with Crippen molar-refractivity contribution in [2.75, 3.05) is 6.61 Å². The van der Waals surface area contributed by atoms with Gasteiger partial charge < -0.3 is 9.47 Å². The molecule has 5 rings (SSSR count). The number of nitrogens with zero attached hydrogens (tertiary/aromatic N) is 2. The van der Waals surface area contributed by atoms with Crippen LogP contribution >= 0.6 is 0 Å².